The Balaban J connectivity index is 1.84. The van der Waals surface area contributed by atoms with Crippen LogP contribution in [-0.2, 0) is 19.5 Å². The van der Waals surface area contributed by atoms with Gasteiger partial charge in [-0.15, -0.1) is 0 Å². The third kappa shape index (κ3) is 3.51. The quantitative estimate of drug-likeness (QED) is 0.838. The van der Waals surface area contributed by atoms with Crippen LogP contribution in [0.3, 0.4) is 0 Å². The van der Waals surface area contributed by atoms with E-state index in [1.165, 1.54) is 11.4 Å². The summed E-state index contributed by atoms with van der Waals surface area (Å²) in [7, 11) is -2.07. The predicted octanol–water partition coefficient (Wildman–Crippen LogP) is 0.0747. The molecule has 2 aliphatic rings. The van der Waals surface area contributed by atoms with Crippen LogP contribution in [0.4, 0.5) is 0 Å². The van der Waals surface area contributed by atoms with Gasteiger partial charge < -0.3 is 19.5 Å². The maximum atomic E-state index is 12.9. The fourth-order valence-corrected chi connectivity index (χ4v) is 4.42. The third-order valence-corrected chi connectivity index (χ3v) is 5.97. The number of nitrogens with zero attached hydrogens (tertiary/aromatic N) is 1. The van der Waals surface area contributed by atoms with E-state index >= 15 is 0 Å². The highest BCUT2D eigenvalue weighted by Gasteiger charge is 2.42. The molecule has 0 saturated carbocycles. The standard InChI is InChI=1S/C15H22N2O5S/c1-20-13-3-2-4-14(9-13)23(18,19)17-6-8-22-15(11-17)10-16-5-7-21-12-15/h2-4,9,16H,5-8,10-12H2,1H3. The fourth-order valence-electron chi connectivity index (χ4n) is 2.89. The number of hydrogen-bond donors (Lipinski definition) is 1. The van der Waals surface area contributed by atoms with Gasteiger partial charge in [-0.25, -0.2) is 8.42 Å². The highest BCUT2D eigenvalue weighted by atomic mass is 32.2. The molecule has 1 N–H and O–H groups in total. The van der Waals surface area contributed by atoms with Crippen LogP contribution >= 0.6 is 0 Å². The number of morpholine rings is 1. The van der Waals surface area contributed by atoms with Crippen molar-refractivity contribution < 1.29 is 22.6 Å². The Morgan fingerprint density at radius 3 is 3.04 bits per heavy atom. The molecule has 1 aromatic carbocycles. The molecular formula is C15H22N2O5S. The van der Waals surface area contributed by atoms with Crippen LogP contribution in [0.2, 0.25) is 0 Å². The number of benzene rings is 1. The van der Waals surface area contributed by atoms with Crippen LogP contribution in [0.1, 0.15) is 0 Å². The van der Waals surface area contributed by atoms with E-state index < -0.39 is 15.6 Å². The van der Waals surface area contributed by atoms with Crippen LogP contribution in [-0.4, -0.2) is 71.4 Å². The minimum Gasteiger partial charge on any atom is -0.497 e. The van der Waals surface area contributed by atoms with E-state index in [2.05, 4.69) is 5.32 Å². The number of methoxy groups -OCH3 is 1. The molecule has 0 aliphatic carbocycles. The summed E-state index contributed by atoms with van der Waals surface area (Å²) >= 11 is 0. The Hall–Kier alpha value is -1.19. The van der Waals surface area contributed by atoms with E-state index in [1.807, 2.05) is 0 Å². The molecule has 1 aromatic rings. The lowest BCUT2D eigenvalue weighted by Crippen LogP contribution is -2.59. The smallest absolute Gasteiger partial charge is 0.243 e. The monoisotopic (exact) mass is 342 g/mol. The number of rotatable bonds is 3. The van der Waals surface area contributed by atoms with E-state index in [1.54, 1.807) is 24.3 Å². The van der Waals surface area contributed by atoms with Crippen LogP contribution in [0.15, 0.2) is 29.2 Å². The van der Waals surface area contributed by atoms with Crippen LogP contribution in [0.5, 0.6) is 5.75 Å². The van der Waals surface area contributed by atoms with Crippen molar-refractivity contribution in [2.75, 3.05) is 53.1 Å². The highest BCUT2D eigenvalue weighted by molar-refractivity contribution is 7.89. The second kappa shape index (κ2) is 6.74. The van der Waals surface area contributed by atoms with Gasteiger partial charge in [0.15, 0.2) is 0 Å². The first kappa shape index (κ1) is 16.7. The molecule has 2 fully saturated rings. The summed E-state index contributed by atoms with van der Waals surface area (Å²) in [6.45, 7) is 3.29. The van der Waals surface area contributed by atoms with Gasteiger partial charge in [0, 0.05) is 32.2 Å². The summed E-state index contributed by atoms with van der Waals surface area (Å²) in [6, 6.07) is 6.53. The Labute approximate surface area is 136 Å². The largest absolute Gasteiger partial charge is 0.497 e. The molecule has 2 heterocycles. The van der Waals surface area contributed by atoms with E-state index in [0.717, 1.165) is 6.54 Å². The third-order valence-electron chi connectivity index (χ3n) is 4.13. The van der Waals surface area contributed by atoms with Gasteiger partial charge in [0.2, 0.25) is 10.0 Å². The summed E-state index contributed by atoms with van der Waals surface area (Å²) in [4.78, 5) is 0.233. The first-order valence-corrected chi connectivity index (χ1v) is 9.06. The Morgan fingerprint density at radius 1 is 1.35 bits per heavy atom. The molecule has 0 amide bonds. The number of sulfonamides is 1. The van der Waals surface area contributed by atoms with Gasteiger partial charge in [-0.2, -0.15) is 4.31 Å². The molecule has 128 valence electrons. The van der Waals surface area contributed by atoms with Crippen molar-refractivity contribution >= 4 is 10.0 Å². The Bertz CT molecular complexity index is 641. The van der Waals surface area contributed by atoms with Crippen molar-refractivity contribution in [2.24, 2.45) is 0 Å². The van der Waals surface area contributed by atoms with Crippen molar-refractivity contribution in [1.82, 2.24) is 9.62 Å². The second-order valence-electron chi connectivity index (χ2n) is 5.78. The predicted molar refractivity (Wildman–Crippen MR) is 84.1 cm³/mol. The van der Waals surface area contributed by atoms with E-state index in [-0.39, 0.29) is 11.4 Å². The van der Waals surface area contributed by atoms with E-state index in [4.69, 9.17) is 14.2 Å². The first-order valence-electron chi connectivity index (χ1n) is 7.62. The minimum atomic E-state index is -3.59. The Morgan fingerprint density at radius 2 is 2.22 bits per heavy atom. The van der Waals surface area contributed by atoms with Crippen molar-refractivity contribution in [3.63, 3.8) is 0 Å². The first-order chi connectivity index (χ1) is 11.1. The molecule has 3 rings (SSSR count). The van der Waals surface area contributed by atoms with Crippen molar-refractivity contribution in [3.8, 4) is 5.75 Å². The van der Waals surface area contributed by atoms with Gasteiger partial charge in [-0.1, -0.05) is 6.07 Å². The summed E-state index contributed by atoms with van der Waals surface area (Å²) in [6.07, 6.45) is 0. The molecule has 2 saturated heterocycles. The summed E-state index contributed by atoms with van der Waals surface area (Å²) in [5.41, 5.74) is -0.624. The zero-order chi connectivity index (χ0) is 16.3. The molecule has 23 heavy (non-hydrogen) atoms. The maximum absolute atomic E-state index is 12.9. The summed E-state index contributed by atoms with van der Waals surface area (Å²) in [5.74, 6) is 0.522. The lowest BCUT2D eigenvalue weighted by atomic mass is 10.0. The zero-order valence-corrected chi connectivity index (χ0v) is 14.0. The van der Waals surface area contributed by atoms with Gasteiger partial charge >= 0.3 is 0 Å². The lowest BCUT2D eigenvalue weighted by molar-refractivity contribution is -0.118. The van der Waals surface area contributed by atoms with Crippen LogP contribution < -0.4 is 10.1 Å². The van der Waals surface area contributed by atoms with Crippen molar-refractivity contribution in [1.29, 1.82) is 0 Å². The molecule has 1 unspecified atom stereocenters. The fraction of sp³-hybridized carbons (Fsp3) is 0.600. The molecule has 7 nitrogen and oxygen atoms in total. The Kier molecular flexibility index (Phi) is 4.88. The van der Waals surface area contributed by atoms with Gasteiger partial charge in [0.25, 0.3) is 0 Å². The lowest BCUT2D eigenvalue weighted by Gasteiger charge is -2.41. The zero-order valence-electron chi connectivity index (χ0n) is 13.2. The van der Waals surface area contributed by atoms with Crippen molar-refractivity contribution in [2.45, 2.75) is 10.5 Å². The van der Waals surface area contributed by atoms with Gasteiger partial charge in [-0.05, 0) is 12.1 Å². The molecular weight excluding hydrogens is 320 g/mol. The molecule has 0 bridgehead atoms. The summed E-state index contributed by atoms with van der Waals surface area (Å²) < 4.78 is 43.9. The van der Waals surface area contributed by atoms with E-state index in [9.17, 15) is 8.42 Å². The van der Waals surface area contributed by atoms with Crippen LogP contribution in [0, 0.1) is 0 Å². The molecule has 8 heteroatoms. The van der Waals surface area contributed by atoms with Gasteiger partial charge in [0.1, 0.15) is 11.4 Å². The minimum absolute atomic E-state index is 0.233. The molecule has 1 spiro atoms. The van der Waals surface area contributed by atoms with Gasteiger partial charge in [0.05, 0.1) is 31.8 Å². The van der Waals surface area contributed by atoms with Gasteiger partial charge in [-0.3, -0.25) is 0 Å². The number of ether oxygens (including phenoxy) is 3. The van der Waals surface area contributed by atoms with E-state index in [0.29, 0.717) is 38.7 Å². The summed E-state index contributed by atoms with van der Waals surface area (Å²) in [5, 5.41) is 3.25. The van der Waals surface area contributed by atoms with Crippen LogP contribution in [0.25, 0.3) is 0 Å². The molecule has 0 aromatic heterocycles. The average molecular weight is 342 g/mol. The highest BCUT2D eigenvalue weighted by Crippen LogP contribution is 2.26. The topological polar surface area (TPSA) is 77.1 Å². The SMILES string of the molecule is COc1cccc(S(=O)(=O)N2CCOC3(CNCCOC3)C2)c1. The molecule has 2 aliphatic heterocycles. The second-order valence-corrected chi connectivity index (χ2v) is 7.72. The number of hydrogen-bond acceptors (Lipinski definition) is 6. The molecule has 1 atom stereocenters. The average Bonchev–Trinajstić information content (AvgIpc) is 2.80. The number of nitrogens with one attached hydrogen (secondary N) is 1. The normalized spacial score (nSPS) is 26.8. The maximum Gasteiger partial charge on any atom is 0.243 e. The molecule has 0 radical (unpaired) electrons. The van der Waals surface area contributed by atoms with Crippen molar-refractivity contribution in [3.05, 3.63) is 24.3 Å².